The largest absolute Gasteiger partial charge is 0.366 e. The molecule has 3 nitrogen and oxygen atoms in total. The standard InChI is InChI=1S/C18H25N3/c1-18(2,3)16-8-9-17(21-13-16)20-12-15-6-4-14(5-7-15)10-11-19/h4-9,13H,10-12,19H2,1-3H3,(H,20,21). The van der Waals surface area contributed by atoms with Crippen molar-refractivity contribution in [3.05, 3.63) is 59.3 Å². The predicted molar refractivity (Wildman–Crippen MR) is 89.5 cm³/mol. The van der Waals surface area contributed by atoms with Crippen LogP contribution in [0, 0.1) is 0 Å². The van der Waals surface area contributed by atoms with E-state index in [1.165, 1.54) is 16.7 Å². The van der Waals surface area contributed by atoms with Gasteiger partial charge in [-0.2, -0.15) is 0 Å². The molecule has 0 unspecified atom stereocenters. The molecule has 0 aliphatic carbocycles. The summed E-state index contributed by atoms with van der Waals surface area (Å²) in [6.07, 6.45) is 2.89. The maximum Gasteiger partial charge on any atom is 0.126 e. The Morgan fingerprint density at radius 2 is 1.67 bits per heavy atom. The summed E-state index contributed by atoms with van der Waals surface area (Å²) < 4.78 is 0. The summed E-state index contributed by atoms with van der Waals surface area (Å²) in [4.78, 5) is 4.48. The zero-order valence-electron chi connectivity index (χ0n) is 13.2. The van der Waals surface area contributed by atoms with Crippen LogP contribution in [0.1, 0.15) is 37.5 Å². The Morgan fingerprint density at radius 3 is 2.19 bits per heavy atom. The van der Waals surface area contributed by atoms with E-state index in [-0.39, 0.29) is 5.41 Å². The lowest BCUT2D eigenvalue weighted by Crippen LogP contribution is -2.11. The number of nitrogens with one attached hydrogen (secondary N) is 1. The summed E-state index contributed by atoms with van der Waals surface area (Å²) in [6.45, 7) is 8.06. The summed E-state index contributed by atoms with van der Waals surface area (Å²) in [5, 5.41) is 3.36. The van der Waals surface area contributed by atoms with Crippen molar-refractivity contribution in [3.63, 3.8) is 0 Å². The van der Waals surface area contributed by atoms with Crippen molar-refractivity contribution >= 4 is 5.82 Å². The van der Waals surface area contributed by atoms with E-state index in [1.54, 1.807) is 0 Å². The molecule has 1 aromatic heterocycles. The fourth-order valence-electron chi connectivity index (χ4n) is 2.13. The monoisotopic (exact) mass is 283 g/mol. The number of rotatable bonds is 5. The van der Waals surface area contributed by atoms with Gasteiger partial charge in [0.2, 0.25) is 0 Å². The lowest BCUT2D eigenvalue weighted by molar-refractivity contribution is 0.587. The first-order valence-corrected chi connectivity index (χ1v) is 7.47. The molecule has 1 heterocycles. The first-order valence-electron chi connectivity index (χ1n) is 7.47. The minimum Gasteiger partial charge on any atom is -0.366 e. The van der Waals surface area contributed by atoms with Crippen LogP contribution < -0.4 is 11.1 Å². The van der Waals surface area contributed by atoms with E-state index < -0.39 is 0 Å². The highest BCUT2D eigenvalue weighted by molar-refractivity contribution is 5.38. The average molecular weight is 283 g/mol. The van der Waals surface area contributed by atoms with Gasteiger partial charge in [-0.25, -0.2) is 4.98 Å². The fraction of sp³-hybridized carbons (Fsp3) is 0.389. The molecule has 0 fully saturated rings. The van der Waals surface area contributed by atoms with Crippen LogP contribution in [0.2, 0.25) is 0 Å². The lowest BCUT2D eigenvalue weighted by atomic mass is 9.88. The highest BCUT2D eigenvalue weighted by Gasteiger charge is 2.13. The molecule has 0 aliphatic heterocycles. The van der Waals surface area contributed by atoms with Gasteiger partial charge in [-0.3, -0.25) is 0 Å². The van der Waals surface area contributed by atoms with Crippen LogP contribution in [0.25, 0.3) is 0 Å². The Labute approximate surface area is 127 Å². The Kier molecular flexibility index (Phi) is 4.97. The molecule has 0 saturated carbocycles. The summed E-state index contributed by atoms with van der Waals surface area (Å²) >= 11 is 0. The van der Waals surface area contributed by atoms with Crippen molar-refractivity contribution in [3.8, 4) is 0 Å². The number of nitrogens with zero attached hydrogens (tertiary/aromatic N) is 1. The van der Waals surface area contributed by atoms with E-state index in [1.807, 2.05) is 12.3 Å². The third kappa shape index (κ3) is 4.57. The Hall–Kier alpha value is -1.87. The SMILES string of the molecule is CC(C)(C)c1ccc(NCc2ccc(CCN)cc2)nc1. The lowest BCUT2D eigenvalue weighted by Gasteiger charge is -2.18. The van der Waals surface area contributed by atoms with Crippen molar-refractivity contribution < 1.29 is 0 Å². The second-order valence-corrected chi connectivity index (χ2v) is 6.39. The summed E-state index contributed by atoms with van der Waals surface area (Å²) in [5.41, 5.74) is 9.48. The summed E-state index contributed by atoms with van der Waals surface area (Å²) in [5.74, 6) is 0.911. The zero-order valence-corrected chi connectivity index (χ0v) is 13.2. The normalized spacial score (nSPS) is 11.4. The zero-order chi connectivity index (χ0) is 15.3. The van der Waals surface area contributed by atoms with Crippen LogP contribution in [-0.4, -0.2) is 11.5 Å². The predicted octanol–water partition coefficient (Wildman–Crippen LogP) is 3.49. The van der Waals surface area contributed by atoms with Crippen LogP contribution in [-0.2, 0) is 18.4 Å². The Bertz CT molecular complexity index is 551. The van der Waals surface area contributed by atoms with Gasteiger partial charge in [-0.15, -0.1) is 0 Å². The highest BCUT2D eigenvalue weighted by Crippen LogP contribution is 2.22. The third-order valence-electron chi connectivity index (χ3n) is 3.56. The molecular weight excluding hydrogens is 258 g/mol. The molecule has 2 rings (SSSR count). The smallest absolute Gasteiger partial charge is 0.126 e. The van der Waals surface area contributed by atoms with E-state index in [0.29, 0.717) is 6.54 Å². The molecule has 0 amide bonds. The van der Waals surface area contributed by atoms with Crippen molar-refractivity contribution in [2.75, 3.05) is 11.9 Å². The van der Waals surface area contributed by atoms with Gasteiger partial charge in [0.05, 0.1) is 0 Å². The first kappa shape index (κ1) is 15.5. The summed E-state index contributed by atoms with van der Waals surface area (Å²) in [7, 11) is 0. The van der Waals surface area contributed by atoms with Gasteiger partial charge in [0.15, 0.2) is 0 Å². The number of hydrogen-bond donors (Lipinski definition) is 2. The van der Waals surface area contributed by atoms with Gasteiger partial charge in [0.25, 0.3) is 0 Å². The molecular formula is C18H25N3. The number of benzene rings is 1. The molecule has 3 N–H and O–H groups in total. The van der Waals surface area contributed by atoms with Crippen LogP contribution in [0.5, 0.6) is 0 Å². The molecule has 2 aromatic rings. The van der Waals surface area contributed by atoms with Crippen LogP contribution >= 0.6 is 0 Å². The average Bonchev–Trinajstić information content (AvgIpc) is 2.46. The molecule has 1 aromatic carbocycles. The van der Waals surface area contributed by atoms with Gasteiger partial charge >= 0.3 is 0 Å². The second kappa shape index (κ2) is 6.72. The molecule has 21 heavy (non-hydrogen) atoms. The molecule has 0 spiro atoms. The molecule has 112 valence electrons. The molecule has 0 aliphatic rings. The maximum atomic E-state index is 5.56. The van der Waals surface area contributed by atoms with Gasteiger partial charge in [0, 0.05) is 12.7 Å². The topological polar surface area (TPSA) is 50.9 Å². The fourth-order valence-corrected chi connectivity index (χ4v) is 2.13. The quantitative estimate of drug-likeness (QED) is 0.883. The minimum absolute atomic E-state index is 0.143. The van der Waals surface area contributed by atoms with E-state index in [0.717, 1.165) is 18.8 Å². The van der Waals surface area contributed by atoms with Crippen LogP contribution in [0.15, 0.2) is 42.6 Å². The van der Waals surface area contributed by atoms with Crippen molar-refractivity contribution in [2.24, 2.45) is 5.73 Å². The van der Waals surface area contributed by atoms with Gasteiger partial charge in [0.1, 0.15) is 5.82 Å². The number of nitrogens with two attached hydrogens (primary N) is 1. The van der Waals surface area contributed by atoms with E-state index in [4.69, 9.17) is 5.73 Å². The highest BCUT2D eigenvalue weighted by atomic mass is 15.0. The third-order valence-corrected chi connectivity index (χ3v) is 3.56. The molecule has 0 bridgehead atoms. The maximum absolute atomic E-state index is 5.56. The van der Waals surface area contributed by atoms with E-state index in [2.05, 4.69) is 61.4 Å². The number of anilines is 1. The number of aromatic nitrogens is 1. The van der Waals surface area contributed by atoms with E-state index in [9.17, 15) is 0 Å². The van der Waals surface area contributed by atoms with Crippen LogP contribution in [0.3, 0.4) is 0 Å². The van der Waals surface area contributed by atoms with Crippen molar-refractivity contribution in [1.82, 2.24) is 4.98 Å². The van der Waals surface area contributed by atoms with Crippen molar-refractivity contribution in [1.29, 1.82) is 0 Å². The molecule has 0 atom stereocenters. The van der Waals surface area contributed by atoms with Gasteiger partial charge in [-0.05, 0) is 41.1 Å². The Morgan fingerprint density at radius 1 is 1.00 bits per heavy atom. The molecule has 0 radical (unpaired) electrons. The van der Waals surface area contributed by atoms with Crippen molar-refractivity contribution in [2.45, 2.75) is 39.2 Å². The molecule has 0 saturated heterocycles. The minimum atomic E-state index is 0.143. The van der Waals surface area contributed by atoms with E-state index >= 15 is 0 Å². The Balaban J connectivity index is 1.93. The van der Waals surface area contributed by atoms with Gasteiger partial charge in [-0.1, -0.05) is 51.1 Å². The summed E-state index contributed by atoms with van der Waals surface area (Å²) in [6, 6.07) is 12.7. The second-order valence-electron chi connectivity index (χ2n) is 6.39. The number of pyridine rings is 1. The number of hydrogen-bond acceptors (Lipinski definition) is 3. The van der Waals surface area contributed by atoms with Crippen LogP contribution in [0.4, 0.5) is 5.82 Å². The first-order chi connectivity index (χ1) is 9.99. The molecule has 3 heteroatoms. The van der Waals surface area contributed by atoms with Gasteiger partial charge < -0.3 is 11.1 Å².